The number of nitrogens with zero attached hydrogens (tertiary/aromatic N) is 2. The highest BCUT2D eigenvalue weighted by molar-refractivity contribution is 5.79. The molecule has 4 saturated carbocycles. The van der Waals surface area contributed by atoms with Crippen LogP contribution in [0, 0.1) is 23.2 Å². The van der Waals surface area contributed by atoms with Gasteiger partial charge in [-0.1, -0.05) is 54.6 Å². The lowest BCUT2D eigenvalue weighted by Gasteiger charge is -2.60. The van der Waals surface area contributed by atoms with Crippen LogP contribution in [0.4, 0.5) is 0 Å². The number of benzene rings is 2. The molecule has 1 atom stereocenters. The highest BCUT2D eigenvalue weighted by Gasteiger charge is 2.54. The molecule has 1 aliphatic heterocycles. The van der Waals surface area contributed by atoms with Gasteiger partial charge in [-0.15, -0.1) is 0 Å². The van der Waals surface area contributed by atoms with E-state index in [1.807, 2.05) is 4.90 Å². The quantitative estimate of drug-likeness (QED) is 0.623. The fraction of sp³-hybridized carbons (Fsp3) is 0.567. The maximum absolute atomic E-state index is 12.9. The summed E-state index contributed by atoms with van der Waals surface area (Å²) in [7, 11) is 2.13. The SMILES string of the molecule is CN1CCN(C(=O)Cc2ccc(C(c3ccccc3)C34CC5CC(CC(C5)C3)C4)cc2)CC1. The van der Waals surface area contributed by atoms with E-state index in [4.69, 9.17) is 0 Å². The summed E-state index contributed by atoms with van der Waals surface area (Å²) in [5, 5.41) is 0. The Balaban J connectivity index is 1.25. The van der Waals surface area contributed by atoms with Gasteiger partial charge in [0.2, 0.25) is 5.91 Å². The number of piperazine rings is 1. The summed E-state index contributed by atoms with van der Waals surface area (Å²) in [5.41, 5.74) is 4.52. The maximum Gasteiger partial charge on any atom is 0.227 e. The average molecular weight is 443 g/mol. The Labute approximate surface area is 199 Å². The minimum absolute atomic E-state index is 0.275. The summed E-state index contributed by atoms with van der Waals surface area (Å²) in [6, 6.07) is 20.5. The third-order valence-corrected chi connectivity index (χ3v) is 9.36. The van der Waals surface area contributed by atoms with Crippen molar-refractivity contribution < 1.29 is 4.79 Å². The van der Waals surface area contributed by atoms with Gasteiger partial charge in [-0.2, -0.15) is 0 Å². The zero-order valence-electron chi connectivity index (χ0n) is 20.1. The van der Waals surface area contributed by atoms with E-state index in [1.165, 1.54) is 49.7 Å². The molecule has 1 saturated heterocycles. The molecular formula is C30H38N2O. The monoisotopic (exact) mass is 442 g/mol. The predicted octanol–water partition coefficient (Wildman–Crippen LogP) is 5.35. The van der Waals surface area contributed by atoms with Crippen molar-refractivity contribution in [1.29, 1.82) is 0 Å². The van der Waals surface area contributed by atoms with Crippen LogP contribution in [0.15, 0.2) is 54.6 Å². The number of hydrogen-bond donors (Lipinski definition) is 0. The van der Waals surface area contributed by atoms with Crippen molar-refractivity contribution in [3.63, 3.8) is 0 Å². The third kappa shape index (κ3) is 4.14. The largest absolute Gasteiger partial charge is 0.340 e. The first-order valence-electron chi connectivity index (χ1n) is 13.2. The van der Waals surface area contributed by atoms with Gasteiger partial charge in [-0.25, -0.2) is 0 Å². The smallest absolute Gasteiger partial charge is 0.227 e. The van der Waals surface area contributed by atoms with E-state index < -0.39 is 0 Å². The molecule has 2 aromatic rings. The van der Waals surface area contributed by atoms with Crippen LogP contribution in [0.25, 0.3) is 0 Å². The molecule has 0 N–H and O–H groups in total. The molecule has 7 rings (SSSR count). The van der Waals surface area contributed by atoms with E-state index in [9.17, 15) is 4.79 Å². The Morgan fingerprint density at radius 1 is 0.818 bits per heavy atom. The number of rotatable bonds is 5. The van der Waals surface area contributed by atoms with E-state index in [-0.39, 0.29) is 5.91 Å². The van der Waals surface area contributed by atoms with Gasteiger partial charge < -0.3 is 9.80 Å². The second-order valence-electron chi connectivity index (χ2n) is 11.7. The van der Waals surface area contributed by atoms with Crippen molar-refractivity contribution in [2.75, 3.05) is 33.2 Å². The van der Waals surface area contributed by atoms with E-state index in [0.717, 1.165) is 49.5 Å². The van der Waals surface area contributed by atoms with Gasteiger partial charge in [-0.3, -0.25) is 4.79 Å². The highest BCUT2D eigenvalue weighted by atomic mass is 16.2. The van der Waals surface area contributed by atoms with Gasteiger partial charge in [0.1, 0.15) is 0 Å². The molecule has 1 unspecified atom stereocenters. The lowest BCUT2D eigenvalue weighted by Crippen LogP contribution is -2.49. The molecule has 174 valence electrons. The molecule has 4 bridgehead atoms. The van der Waals surface area contributed by atoms with E-state index >= 15 is 0 Å². The summed E-state index contributed by atoms with van der Waals surface area (Å²) in [4.78, 5) is 17.2. The molecule has 1 amide bonds. The van der Waals surface area contributed by atoms with Crippen LogP contribution in [0.5, 0.6) is 0 Å². The third-order valence-electron chi connectivity index (χ3n) is 9.36. The van der Waals surface area contributed by atoms with Crippen molar-refractivity contribution in [2.24, 2.45) is 23.2 Å². The summed E-state index contributed by atoms with van der Waals surface area (Å²) in [6.45, 7) is 3.67. The van der Waals surface area contributed by atoms with E-state index in [1.54, 1.807) is 0 Å². The van der Waals surface area contributed by atoms with Crippen molar-refractivity contribution in [2.45, 2.75) is 50.9 Å². The molecular weight excluding hydrogens is 404 g/mol. The average Bonchev–Trinajstić information content (AvgIpc) is 2.80. The first kappa shape index (κ1) is 21.4. The summed E-state index contributed by atoms with van der Waals surface area (Å²) >= 11 is 0. The maximum atomic E-state index is 12.9. The summed E-state index contributed by atoms with van der Waals surface area (Å²) in [5.74, 6) is 3.60. The molecule has 3 heteroatoms. The molecule has 0 radical (unpaired) electrons. The van der Waals surface area contributed by atoms with Crippen LogP contribution in [0.3, 0.4) is 0 Å². The summed E-state index contributed by atoms with van der Waals surface area (Å²) in [6.07, 6.45) is 9.18. The van der Waals surface area contributed by atoms with Crippen molar-refractivity contribution in [1.82, 2.24) is 9.80 Å². The van der Waals surface area contributed by atoms with Crippen LogP contribution < -0.4 is 0 Å². The van der Waals surface area contributed by atoms with Crippen LogP contribution in [-0.4, -0.2) is 48.9 Å². The molecule has 4 aliphatic carbocycles. The van der Waals surface area contributed by atoms with Crippen molar-refractivity contribution in [3.8, 4) is 0 Å². The zero-order valence-corrected chi connectivity index (χ0v) is 20.1. The molecule has 33 heavy (non-hydrogen) atoms. The minimum Gasteiger partial charge on any atom is -0.340 e. The minimum atomic E-state index is 0.275. The first-order valence-corrected chi connectivity index (χ1v) is 13.2. The second kappa shape index (κ2) is 8.58. The fourth-order valence-corrected chi connectivity index (χ4v) is 8.25. The molecule has 5 aliphatic rings. The number of amides is 1. The Bertz CT molecular complexity index is 939. The van der Waals surface area contributed by atoms with Crippen LogP contribution in [0.2, 0.25) is 0 Å². The molecule has 3 nitrogen and oxygen atoms in total. The molecule has 2 aromatic carbocycles. The molecule has 0 spiro atoms. The number of hydrogen-bond acceptors (Lipinski definition) is 2. The molecule has 0 aromatic heterocycles. The first-order chi connectivity index (χ1) is 16.1. The molecule has 5 fully saturated rings. The lowest BCUT2D eigenvalue weighted by molar-refractivity contribution is -0.132. The fourth-order valence-electron chi connectivity index (χ4n) is 8.25. The van der Waals surface area contributed by atoms with E-state index in [0.29, 0.717) is 17.8 Å². The van der Waals surface area contributed by atoms with Gasteiger partial charge in [0, 0.05) is 32.1 Å². The van der Waals surface area contributed by atoms with Crippen molar-refractivity contribution >= 4 is 5.91 Å². The van der Waals surface area contributed by atoms with Gasteiger partial charge in [0.25, 0.3) is 0 Å². The standard InChI is InChI=1S/C30H38N2O/c1-31-11-13-32(14-12-31)28(33)18-22-7-9-27(10-8-22)29(26-5-3-2-4-6-26)30-19-23-15-24(20-30)17-25(16-23)21-30/h2-10,23-25,29H,11-21H2,1H3. The number of carbonyl (C=O) groups is 1. The number of likely N-dealkylation sites (N-methyl/N-ethyl adjacent to an activating group) is 1. The lowest BCUT2D eigenvalue weighted by atomic mass is 9.45. The second-order valence-corrected chi connectivity index (χ2v) is 11.7. The topological polar surface area (TPSA) is 23.6 Å². The van der Waals surface area contributed by atoms with E-state index in [2.05, 4.69) is 66.5 Å². The van der Waals surface area contributed by atoms with Gasteiger partial charge in [0.05, 0.1) is 6.42 Å². The summed E-state index contributed by atoms with van der Waals surface area (Å²) < 4.78 is 0. The molecule has 1 heterocycles. The Kier molecular flexibility index (Phi) is 5.57. The Morgan fingerprint density at radius 2 is 1.36 bits per heavy atom. The van der Waals surface area contributed by atoms with Gasteiger partial charge >= 0.3 is 0 Å². The Morgan fingerprint density at radius 3 is 1.94 bits per heavy atom. The van der Waals surface area contributed by atoms with Crippen LogP contribution in [0.1, 0.15) is 61.1 Å². The Hall–Kier alpha value is -2.13. The number of carbonyl (C=O) groups excluding carboxylic acids is 1. The van der Waals surface area contributed by atoms with Gasteiger partial charge in [0.15, 0.2) is 0 Å². The zero-order chi connectivity index (χ0) is 22.4. The predicted molar refractivity (Wildman–Crippen MR) is 133 cm³/mol. The normalized spacial score (nSPS) is 32.2. The van der Waals surface area contributed by atoms with Crippen LogP contribution >= 0.6 is 0 Å². The highest BCUT2D eigenvalue weighted by Crippen LogP contribution is 2.65. The van der Waals surface area contributed by atoms with Crippen molar-refractivity contribution in [3.05, 3.63) is 71.3 Å². The van der Waals surface area contributed by atoms with Crippen LogP contribution in [-0.2, 0) is 11.2 Å². The van der Waals surface area contributed by atoms with Gasteiger partial charge in [-0.05, 0) is 85.4 Å².